The molecular weight excluding hydrogens is 455 g/mol. The molecule has 3 aromatic rings. The van der Waals surface area contributed by atoms with Gasteiger partial charge < -0.3 is 0 Å². The molecule has 0 radical (unpaired) electrons. The molecule has 1 aliphatic carbocycles. The van der Waals surface area contributed by atoms with Crippen LogP contribution in [0.4, 0.5) is 0 Å². The second kappa shape index (κ2) is 9.08. The van der Waals surface area contributed by atoms with Crippen molar-refractivity contribution < 1.29 is 0 Å². The first-order chi connectivity index (χ1) is 14.1. The van der Waals surface area contributed by atoms with Crippen molar-refractivity contribution in [1.82, 2.24) is 0 Å². The van der Waals surface area contributed by atoms with Gasteiger partial charge in [0.05, 0.1) is 0 Å². The van der Waals surface area contributed by atoms with Crippen LogP contribution in [0.1, 0.15) is 40.0 Å². The van der Waals surface area contributed by atoms with Crippen LogP contribution in [0.2, 0.25) is 3.93 Å². The molecule has 0 N–H and O–H groups in total. The summed E-state index contributed by atoms with van der Waals surface area (Å²) in [5.41, 5.74) is 0. The van der Waals surface area contributed by atoms with Gasteiger partial charge in [0.15, 0.2) is 0 Å². The molecule has 29 heavy (non-hydrogen) atoms. The third kappa shape index (κ3) is 3.93. The van der Waals surface area contributed by atoms with Gasteiger partial charge in [-0.05, 0) is 0 Å². The molecule has 1 heteroatoms. The van der Waals surface area contributed by atoms with E-state index in [2.05, 4.69) is 112 Å². The van der Waals surface area contributed by atoms with E-state index < -0.39 is 18.4 Å². The van der Waals surface area contributed by atoms with Crippen LogP contribution >= 0.6 is 0 Å². The van der Waals surface area contributed by atoms with Crippen molar-refractivity contribution in [2.75, 3.05) is 0 Å². The summed E-state index contributed by atoms with van der Waals surface area (Å²) in [6, 6.07) is 34.9. The molecule has 3 atom stereocenters. The Balaban J connectivity index is 2.05. The molecule has 0 aromatic heterocycles. The van der Waals surface area contributed by atoms with Crippen molar-refractivity contribution in [2.24, 2.45) is 17.8 Å². The fraction of sp³-hybridized carbons (Fsp3) is 0.357. The van der Waals surface area contributed by atoms with Crippen molar-refractivity contribution in [2.45, 2.75) is 44.0 Å². The molecule has 0 nitrogen and oxygen atoms in total. The second-order valence-corrected chi connectivity index (χ2v) is 21.0. The average molecular weight is 489 g/mol. The van der Waals surface area contributed by atoms with Gasteiger partial charge in [0.1, 0.15) is 0 Å². The Morgan fingerprint density at radius 1 is 0.655 bits per heavy atom. The predicted octanol–water partition coefficient (Wildman–Crippen LogP) is 5.62. The molecule has 0 spiro atoms. The predicted molar refractivity (Wildman–Crippen MR) is 129 cm³/mol. The number of hydrogen-bond donors (Lipinski definition) is 0. The van der Waals surface area contributed by atoms with Crippen LogP contribution in [-0.2, 0) is 0 Å². The van der Waals surface area contributed by atoms with E-state index in [-0.39, 0.29) is 0 Å². The maximum absolute atomic E-state index is 3.25. The van der Waals surface area contributed by atoms with Gasteiger partial charge in [0.2, 0.25) is 0 Å². The summed E-state index contributed by atoms with van der Waals surface area (Å²) in [5, 5.41) is 0. The molecule has 0 bridgehead atoms. The van der Waals surface area contributed by atoms with Crippen LogP contribution in [-0.4, -0.2) is 18.4 Å². The van der Waals surface area contributed by atoms with Crippen molar-refractivity contribution in [3.8, 4) is 0 Å². The Morgan fingerprint density at radius 2 is 1.07 bits per heavy atom. The monoisotopic (exact) mass is 490 g/mol. The van der Waals surface area contributed by atoms with E-state index in [1.165, 1.54) is 19.3 Å². The van der Waals surface area contributed by atoms with Gasteiger partial charge in [-0.1, -0.05) is 0 Å². The first-order valence-electron chi connectivity index (χ1n) is 11.3. The van der Waals surface area contributed by atoms with Crippen molar-refractivity contribution >= 4 is 29.1 Å². The first-order valence-corrected chi connectivity index (χ1v) is 17.2. The normalized spacial score (nSPS) is 22.6. The molecule has 0 heterocycles. The third-order valence-corrected chi connectivity index (χ3v) is 23.0. The number of rotatable bonds is 5. The fourth-order valence-electron chi connectivity index (χ4n) is 5.95. The van der Waals surface area contributed by atoms with E-state index in [0.717, 1.165) is 21.7 Å². The Bertz CT molecular complexity index is 789. The second-order valence-electron chi connectivity index (χ2n) is 9.34. The first kappa shape index (κ1) is 20.7. The van der Waals surface area contributed by atoms with Gasteiger partial charge in [-0.15, -0.1) is 0 Å². The van der Waals surface area contributed by atoms with Crippen LogP contribution < -0.4 is 10.7 Å². The van der Waals surface area contributed by atoms with Crippen molar-refractivity contribution in [3.63, 3.8) is 0 Å². The van der Waals surface area contributed by atoms with Crippen LogP contribution in [0, 0.1) is 17.8 Å². The minimum atomic E-state index is -3.25. The molecule has 4 rings (SSSR count). The van der Waals surface area contributed by atoms with E-state index in [1.54, 1.807) is 10.7 Å². The van der Waals surface area contributed by atoms with Crippen LogP contribution in [0.3, 0.4) is 0 Å². The van der Waals surface area contributed by atoms with E-state index in [1.807, 2.05) is 0 Å². The zero-order valence-corrected chi connectivity index (χ0v) is 20.9. The summed E-state index contributed by atoms with van der Waals surface area (Å²) in [6.45, 7) is 7.41. The zero-order valence-electron chi connectivity index (χ0n) is 18.1. The van der Waals surface area contributed by atoms with Gasteiger partial charge >= 0.3 is 182 Å². The molecule has 150 valence electrons. The average Bonchev–Trinajstić information content (AvgIpc) is 2.77. The molecule has 0 saturated heterocycles. The van der Waals surface area contributed by atoms with Gasteiger partial charge in [0.25, 0.3) is 0 Å². The summed E-state index contributed by atoms with van der Waals surface area (Å²) >= 11 is -3.25. The molecular formula is C28H34Sn. The molecule has 1 saturated carbocycles. The van der Waals surface area contributed by atoms with Gasteiger partial charge in [-0.3, -0.25) is 0 Å². The number of hydrogen-bond acceptors (Lipinski definition) is 0. The van der Waals surface area contributed by atoms with Crippen LogP contribution in [0.5, 0.6) is 0 Å². The summed E-state index contributed by atoms with van der Waals surface area (Å²) in [7, 11) is 0. The molecule has 1 fully saturated rings. The summed E-state index contributed by atoms with van der Waals surface area (Å²) in [6.07, 6.45) is 4.14. The van der Waals surface area contributed by atoms with E-state index in [4.69, 9.17) is 0 Å². The Kier molecular flexibility index (Phi) is 6.49. The Hall–Kier alpha value is -1.54. The van der Waals surface area contributed by atoms with Crippen LogP contribution in [0.25, 0.3) is 0 Å². The van der Waals surface area contributed by atoms with Crippen molar-refractivity contribution in [3.05, 3.63) is 91.0 Å². The molecule has 1 aliphatic rings. The van der Waals surface area contributed by atoms with Crippen molar-refractivity contribution in [1.29, 1.82) is 0 Å². The number of benzene rings is 3. The van der Waals surface area contributed by atoms with E-state index >= 15 is 0 Å². The minimum absolute atomic E-state index is 0.736. The molecule has 0 unspecified atom stereocenters. The van der Waals surface area contributed by atoms with Gasteiger partial charge in [-0.2, -0.15) is 0 Å². The molecule has 3 aromatic carbocycles. The molecule has 0 aliphatic heterocycles. The third-order valence-electron chi connectivity index (χ3n) is 7.27. The quantitative estimate of drug-likeness (QED) is 0.409. The topological polar surface area (TPSA) is 0 Å². The Labute approximate surface area is 181 Å². The van der Waals surface area contributed by atoms with E-state index in [0.29, 0.717) is 0 Å². The molecule has 0 amide bonds. The van der Waals surface area contributed by atoms with E-state index in [9.17, 15) is 0 Å². The SMILES string of the molecule is CC(C)[C@H]1CC[C@H](C)C[C@@H]1[Sn]([c]1ccccc1)([c]1ccccc1)[c]1ccccc1. The van der Waals surface area contributed by atoms with Crippen LogP contribution in [0.15, 0.2) is 91.0 Å². The summed E-state index contributed by atoms with van der Waals surface area (Å²) in [5.74, 6) is 2.37. The summed E-state index contributed by atoms with van der Waals surface area (Å²) < 4.78 is 5.72. The fourth-order valence-corrected chi connectivity index (χ4v) is 24.2. The maximum atomic E-state index is 2.49. The zero-order chi connectivity index (χ0) is 20.3. The standard InChI is InChI=1S/C10H19.3C6H5.Sn/c1-8(2)10-6-4-9(3)5-7-10;3*1-2-4-6-5-3-1;/h6,8-10H,4-5,7H2,1-3H3;3*1-5H;/t9-,10-;;;;/m1..../s1. The Morgan fingerprint density at radius 3 is 1.45 bits per heavy atom. The van der Waals surface area contributed by atoms with Gasteiger partial charge in [0, 0.05) is 0 Å². The summed E-state index contributed by atoms with van der Waals surface area (Å²) in [4.78, 5) is 0. The van der Waals surface area contributed by atoms with Gasteiger partial charge in [-0.25, -0.2) is 0 Å².